The van der Waals surface area contributed by atoms with Crippen LogP contribution in [0.4, 0.5) is 0 Å². The van der Waals surface area contributed by atoms with Gasteiger partial charge in [-0.2, -0.15) is 0 Å². The van der Waals surface area contributed by atoms with E-state index in [1.165, 1.54) is 6.42 Å². The minimum absolute atomic E-state index is 0.124. The molecule has 1 saturated carbocycles. The molecule has 3 heteroatoms. The quantitative estimate of drug-likeness (QED) is 0.792. The van der Waals surface area contributed by atoms with Crippen molar-refractivity contribution in [3.63, 3.8) is 0 Å². The van der Waals surface area contributed by atoms with Crippen molar-refractivity contribution in [1.29, 1.82) is 0 Å². The highest BCUT2D eigenvalue weighted by molar-refractivity contribution is 6.68. The van der Waals surface area contributed by atoms with Gasteiger partial charge in [-0.25, -0.2) is 0 Å². The van der Waals surface area contributed by atoms with Crippen molar-refractivity contribution in [2.45, 2.75) is 58.9 Å². The molecule has 2 rings (SSSR count). The molecule has 0 aliphatic heterocycles. The van der Waals surface area contributed by atoms with E-state index in [0.717, 1.165) is 0 Å². The first kappa shape index (κ1) is 15.0. The molecule has 1 fully saturated rings. The smallest absolute Gasteiger partial charge is 0.263 e. The minimum atomic E-state index is -1.83. The first-order valence-corrected chi connectivity index (χ1v) is 10.4. The molecule has 0 aromatic carbocycles. The van der Waals surface area contributed by atoms with Crippen LogP contribution < -0.4 is 4.98 Å². The maximum atomic E-state index is 6.60. The molecule has 2 nitrogen and oxygen atoms in total. The summed E-state index contributed by atoms with van der Waals surface area (Å²) in [4.78, 5) is 3.71. The monoisotopic (exact) mass is 279 g/mol. The topological polar surface area (TPSA) is 21.3 Å². The van der Waals surface area contributed by atoms with E-state index in [4.69, 9.17) is 4.43 Å². The van der Waals surface area contributed by atoms with Crippen molar-refractivity contribution in [3.8, 4) is 0 Å². The summed E-state index contributed by atoms with van der Waals surface area (Å²) < 4.78 is 6.60. The molecule has 2 aliphatic carbocycles. The van der Waals surface area contributed by atoms with Gasteiger partial charge in [-0.05, 0) is 52.1 Å². The van der Waals surface area contributed by atoms with Crippen LogP contribution in [0.25, 0.3) is 0 Å². The van der Waals surface area contributed by atoms with Gasteiger partial charge in [0.25, 0.3) is 8.48 Å². The largest absolute Gasteiger partial charge is 0.400 e. The van der Waals surface area contributed by atoms with Crippen molar-refractivity contribution >= 4 is 8.48 Å². The van der Waals surface area contributed by atoms with Gasteiger partial charge >= 0.3 is 0 Å². The molecule has 0 heterocycles. The highest BCUT2D eigenvalue weighted by Gasteiger charge is 2.43. The Morgan fingerprint density at radius 1 is 1.16 bits per heavy atom. The SMILES string of the molecule is C[C@@H]1CC2C=CC=CC2[C@@H]1O[Si](C)(C)NC(C)(C)C. The first-order chi connectivity index (χ1) is 8.68. The second-order valence-electron chi connectivity index (χ2n) is 7.69. The van der Waals surface area contributed by atoms with E-state index >= 15 is 0 Å². The molecule has 4 atom stereocenters. The molecule has 0 bridgehead atoms. The van der Waals surface area contributed by atoms with Crippen LogP contribution in [-0.2, 0) is 4.43 Å². The second kappa shape index (κ2) is 5.19. The lowest BCUT2D eigenvalue weighted by molar-refractivity contribution is 0.120. The van der Waals surface area contributed by atoms with Gasteiger partial charge in [-0.15, -0.1) is 0 Å². The van der Waals surface area contributed by atoms with Crippen molar-refractivity contribution in [2.75, 3.05) is 0 Å². The van der Waals surface area contributed by atoms with Crippen molar-refractivity contribution in [2.24, 2.45) is 17.8 Å². The minimum Gasteiger partial charge on any atom is -0.400 e. The fraction of sp³-hybridized carbons (Fsp3) is 0.750. The molecule has 108 valence electrons. The van der Waals surface area contributed by atoms with Crippen LogP contribution >= 0.6 is 0 Å². The summed E-state index contributed by atoms with van der Waals surface area (Å²) in [6.07, 6.45) is 10.7. The highest BCUT2D eigenvalue weighted by Crippen LogP contribution is 2.42. The Bertz CT molecular complexity index is 381. The predicted octanol–water partition coefficient (Wildman–Crippen LogP) is 3.86. The predicted molar refractivity (Wildman–Crippen MR) is 84.3 cm³/mol. The number of nitrogens with one attached hydrogen (secondary N) is 1. The molecule has 1 N–H and O–H groups in total. The summed E-state index contributed by atoms with van der Waals surface area (Å²) in [5, 5.41) is 0. The summed E-state index contributed by atoms with van der Waals surface area (Å²) in [5.41, 5.74) is 0.124. The average Bonchev–Trinajstić information content (AvgIpc) is 2.52. The molecule has 0 spiro atoms. The summed E-state index contributed by atoms with van der Waals surface area (Å²) >= 11 is 0. The van der Waals surface area contributed by atoms with Gasteiger partial charge in [0, 0.05) is 11.5 Å². The van der Waals surface area contributed by atoms with Gasteiger partial charge in [-0.1, -0.05) is 31.2 Å². The molecule has 19 heavy (non-hydrogen) atoms. The first-order valence-electron chi connectivity index (χ1n) is 7.50. The third-order valence-electron chi connectivity index (χ3n) is 3.99. The molecule has 0 radical (unpaired) electrons. The van der Waals surface area contributed by atoms with Crippen LogP contribution in [0.2, 0.25) is 13.1 Å². The van der Waals surface area contributed by atoms with Crippen LogP contribution in [-0.4, -0.2) is 20.1 Å². The van der Waals surface area contributed by atoms with Crippen LogP contribution in [0.3, 0.4) is 0 Å². The third-order valence-corrected chi connectivity index (χ3v) is 6.20. The zero-order chi connectivity index (χ0) is 14.3. The fourth-order valence-corrected chi connectivity index (χ4v) is 6.60. The number of hydrogen-bond acceptors (Lipinski definition) is 2. The van der Waals surface area contributed by atoms with Crippen LogP contribution in [0, 0.1) is 17.8 Å². The van der Waals surface area contributed by atoms with Crippen LogP contribution in [0.5, 0.6) is 0 Å². The zero-order valence-corrected chi connectivity index (χ0v) is 14.2. The van der Waals surface area contributed by atoms with Crippen molar-refractivity contribution in [1.82, 2.24) is 4.98 Å². The van der Waals surface area contributed by atoms with Gasteiger partial charge < -0.3 is 9.41 Å². The van der Waals surface area contributed by atoms with Gasteiger partial charge in [0.2, 0.25) is 0 Å². The lowest BCUT2D eigenvalue weighted by Crippen LogP contribution is -2.58. The van der Waals surface area contributed by atoms with E-state index in [-0.39, 0.29) is 5.54 Å². The summed E-state index contributed by atoms with van der Waals surface area (Å²) in [7, 11) is -1.83. The van der Waals surface area contributed by atoms with Crippen molar-refractivity contribution in [3.05, 3.63) is 24.3 Å². The summed E-state index contributed by atoms with van der Waals surface area (Å²) in [5.74, 6) is 1.91. The summed E-state index contributed by atoms with van der Waals surface area (Å²) in [6.45, 7) is 13.5. The molecule has 2 unspecified atom stereocenters. The lowest BCUT2D eigenvalue weighted by Gasteiger charge is -2.37. The van der Waals surface area contributed by atoms with E-state index in [0.29, 0.717) is 23.9 Å². The molecule has 0 aromatic heterocycles. The number of hydrogen-bond donors (Lipinski definition) is 1. The number of fused-ring (bicyclic) bond motifs is 1. The Morgan fingerprint density at radius 3 is 2.42 bits per heavy atom. The highest BCUT2D eigenvalue weighted by atomic mass is 28.4. The van der Waals surface area contributed by atoms with Crippen LogP contribution in [0.1, 0.15) is 34.1 Å². The molecular formula is C16H29NOSi. The second-order valence-corrected chi connectivity index (χ2v) is 11.2. The summed E-state index contributed by atoms with van der Waals surface area (Å²) in [6, 6.07) is 0. The number of rotatable bonds is 3. The van der Waals surface area contributed by atoms with E-state index in [2.05, 4.69) is 70.1 Å². The van der Waals surface area contributed by atoms with E-state index in [1.807, 2.05) is 0 Å². The fourth-order valence-electron chi connectivity index (χ4n) is 3.67. The normalized spacial score (nSPS) is 34.6. The Kier molecular flexibility index (Phi) is 4.10. The Hall–Kier alpha value is -0.383. The standard InChI is InChI=1S/C16H29NOSi/c1-12-11-13-9-7-8-10-14(13)15(12)18-19(5,6)17-16(2,3)4/h7-10,12-15,17H,11H2,1-6H3/t12-,13?,14?,15-/m1/s1. The molecular weight excluding hydrogens is 250 g/mol. The maximum absolute atomic E-state index is 6.60. The number of allylic oxidation sites excluding steroid dienone is 3. The molecule has 2 aliphatic rings. The van der Waals surface area contributed by atoms with Gasteiger partial charge in [-0.3, -0.25) is 0 Å². The third kappa shape index (κ3) is 3.80. The van der Waals surface area contributed by atoms with E-state index < -0.39 is 8.48 Å². The lowest BCUT2D eigenvalue weighted by atomic mass is 9.91. The Labute approximate surface area is 119 Å². The Morgan fingerprint density at radius 2 is 1.79 bits per heavy atom. The average molecular weight is 280 g/mol. The molecule has 0 amide bonds. The molecule has 0 saturated heterocycles. The Balaban J connectivity index is 2.05. The van der Waals surface area contributed by atoms with E-state index in [9.17, 15) is 0 Å². The maximum Gasteiger partial charge on any atom is 0.263 e. The van der Waals surface area contributed by atoms with Crippen LogP contribution in [0.15, 0.2) is 24.3 Å². The van der Waals surface area contributed by atoms with Crippen molar-refractivity contribution < 1.29 is 4.43 Å². The zero-order valence-electron chi connectivity index (χ0n) is 13.2. The van der Waals surface area contributed by atoms with Gasteiger partial charge in [0.15, 0.2) is 0 Å². The van der Waals surface area contributed by atoms with E-state index in [1.54, 1.807) is 0 Å². The van der Waals surface area contributed by atoms with Gasteiger partial charge in [0.1, 0.15) is 0 Å². The van der Waals surface area contributed by atoms with Gasteiger partial charge in [0.05, 0.1) is 6.10 Å². The molecule has 0 aromatic rings.